The van der Waals surface area contributed by atoms with Gasteiger partial charge in [-0.25, -0.2) is 4.79 Å². The Bertz CT molecular complexity index is 1160. The van der Waals surface area contributed by atoms with E-state index < -0.39 is 10.0 Å². The van der Waals surface area contributed by atoms with Crippen molar-refractivity contribution in [1.29, 1.82) is 0 Å². The summed E-state index contributed by atoms with van der Waals surface area (Å²) in [6.07, 6.45) is 0.730. The van der Waals surface area contributed by atoms with Crippen LogP contribution in [0, 0.1) is 6.92 Å². The number of hydrogen-bond donors (Lipinski definition) is 1. The number of sulfonamides is 1. The first-order valence-corrected chi connectivity index (χ1v) is 11.8. The van der Waals surface area contributed by atoms with Gasteiger partial charge < -0.3 is 15.1 Å². The molecule has 2 aliphatic rings. The lowest BCUT2D eigenvalue weighted by atomic mass is 10.1. The number of aryl methyl sites for hydroxylation is 1. The van der Waals surface area contributed by atoms with Crippen LogP contribution in [0.2, 0.25) is 0 Å². The molecule has 1 saturated heterocycles. The van der Waals surface area contributed by atoms with Crippen LogP contribution in [0.4, 0.5) is 10.5 Å². The van der Waals surface area contributed by atoms with Crippen LogP contribution >= 0.6 is 0 Å². The minimum atomic E-state index is -3.74. The van der Waals surface area contributed by atoms with Crippen LogP contribution in [0.5, 0.6) is 0 Å². The van der Waals surface area contributed by atoms with Gasteiger partial charge in [-0.15, -0.1) is 4.40 Å². The summed E-state index contributed by atoms with van der Waals surface area (Å²) in [5.74, 6) is 0.486. The zero-order valence-electron chi connectivity index (χ0n) is 17.7. The van der Waals surface area contributed by atoms with Crippen LogP contribution in [0.25, 0.3) is 4.91 Å². The number of amidine groups is 1. The number of para-hydroxylation sites is 1. The second-order valence-electron chi connectivity index (χ2n) is 7.78. The van der Waals surface area contributed by atoms with Crippen LogP contribution in [-0.2, 0) is 10.0 Å². The molecular formula is C23H26N4O3S. The van der Waals surface area contributed by atoms with Gasteiger partial charge in [-0.05, 0) is 37.5 Å². The molecule has 8 heteroatoms. The van der Waals surface area contributed by atoms with Gasteiger partial charge in [-0.2, -0.15) is 8.42 Å². The van der Waals surface area contributed by atoms with Crippen LogP contribution in [0.1, 0.15) is 24.5 Å². The highest BCUT2D eigenvalue weighted by Crippen LogP contribution is 2.33. The summed E-state index contributed by atoms with van der Waals surface area (Å²) in [6, 6.07) is 16.6. The van der Waals surface area contributed by atoms with E-state index in [4.69, 9.17) is 0 Å². The quantitative estimate of drug-likeness (QED) is 0.775. The Kier molecular flexibility index (Phi) is 5.82. The molecule has 4 rings (SSSR count). The first-order chi connectivity index (χ1) is 14.9. The molecule has 1 N–H and O–H groups in total. The first-order valence-electron chi connectivity index (χ1n) is 10.3. The summed E-state index contributed by atoms with van der Waals surface area (Å²) in [5.41, 5.74) is 3.11. The minimum absolute atomic E-state index is 0.144. The zero-order chi connectivity index (χ0) is 22.0. The van der Waals surface area contributed by atoms with Crippen molar-refractivity contribution >= 4 is 32.5 Å². The predicted molar refractivity (Wildman–Crippen MR) is 123 cm³/mol. The van der Waals surface area contributed by atoms with E-state index in [0.717, 1.165) is 17.7 Å². The van der Waals surface area contributed by atoms with Gasteiger partial charge in [-0.3, -0.25) is 0 Å². The maximum atomic E-state index is 12.8. The fourth-order valence-corrected chi connectivity index (χ4v) is 5.50. The number of anilines is 1. The van der Waals surface area contributed by atoms with Crippen molar-refractivity contribution in [3.8, 4) is 0 Å². The van der Waals surface area contributed by atoms with E-state index in [0.29, 0.717) is 43.2 Å². The van der Waals surface area contributed by atoms with Gasteiger partial charge in [-0.1, -0.05) is 48.5 Å². The summed E-state index contributed by atoms with van der Waals surface area (Å²) in [7, 11) is -3.74. The Morgan fingerprint density at radius 1 is 0.935 bits per heavy atom. The molecule has 0 unspecified atom stereocenters. The largest absolute Gasteiger partial charge is 0.354 e. The topological polar surface area (TPSA) is 82.1 Å². The third-order valence-electron chi connectivity index (χ3n) is 5.65. The Morgan fingerprint density at radius 3 is 2.39 bits per heavy atom. The summed E-state index contributed by atoms with van der Waals surface area (Å²) < 4.78 is 29.6. The van der Waals surface area contributed by atoms with Crippen molar-refractivity contribution < 1.29 is 13.2 Å². The van der Waals surface area contributed by atoms with Crippen molar-refractivity contribution in [2.24, 2.45) is 4.40 Å². The Hall–Kier alpha value is -3.13. The van der Waals surface area contributed by atoms with E-state index in [2.05, 4.69) is 9.71 Å². The van der Waals surface area contributed by atoms with E-state index in [-0.39, 0.29) is 10.9 Å². The maximum absolute atomic E-state index is 12.8. The Labute approximate surface area is 183 Å². The SMILES string of the molecule is CC1=C(c2ccccc2)S(=O)(=O)N=C1N1CCCN(C(=O)Nc2ccccc2C)CC1. The standard InChI is InChI=1S/C23H26N4O3S/c1-17-9-6-7-12-20(17)24-23(28)27-14-8-13-26(15-16-27)22-18(2)21(31(29,30)25-22)19-10-4-3-5-11-19/h3-7,9-12H,8,13-16H2,1-2H3,(H,24,28). The number of rotatable bonds is 2. The Balaban J connectivity index is 1.49. The number of benzene rings is 2. The third-order valence-corrected chi connectivity index (χ3v) is 7.12. The number of carbonyl (C=O) groups excluding carboxylic acids is 1. The summed E-state index contributed by atoms with van der Waals surface area (Å²) >= 11 is 0. The molecule has 7 nitrogen and oxygen atoms in total. The molecule has 0 aromatic heterocycles. The second-order valence-corrected chi connectivity index (χ2v) is 9.32. The molecule has 1 fully saturated rings. The van der Waals surface area contributed by atoms with Gasteiger partial charge >= 0.3 is 6.03 Å². The van der Waals surface area contributed by atoms with Crippen LogP contribution in [-0.4, -0.2) is 56.3 Å². The van der Waals surface area contributed by atoms with Crippen LogP contribution in [0.3, 0.4) is 0 Å². The zero-order valence-corrected chi connectivity index (χ0v) is 18.5. The average Bonchev–Trinajstić information content (AvgIpc) is 2.90. The molecular weight excluding hydrogens is 412 g/mol. The van der Waals surface area contributed by atoms with Gasteiger partial charge in [0.05, 0.1) is 0 Å². The van der Waals surface area contributed by atoms with Crippen molar-refractivity contribution in [3.63, 3.8) is 0 Å². The van der Waals surface area contributed by atoms with E-state index in [9.17, 15) is 13.2 Å². The molecule has 0 aliphatic carbocycles. The number of nitrogens with zero attached hydrogens (tertiary/aromatic N) is 3. The molecule has 2 aliphatic heterocycles. The lowest BCUT2D eigenvalue weighted by Crippen LogP contribution is -2.39. The normalized spacial score (nSPS) is 18.6. The molecule has 0 atom stereocenters. The molecule has 0 bridgehead atoms. The molecule has 0 spiro atoms. The first kappa shape index (κ1) is 21.1. The van der Waals surface area contributed by atoms with Crippen molar-refractivity contribution in [1.82, 2.24) is 9.80 Å². The lowest BCUT2D eigenvalue weighted by Gasteiger charge is -2.24. The molecule has 0 radical (unpaired) electrons. The molecule has 31 heavy (non-hydrogen) atoms. The number of hydrogen-bond acceptors (Lipinski definition) is 4. The fraction of sp³-hybridized carbons (Fsp3) is 0.304. The van der Waals surface area contributed by atoms with Crippen LogP contribution in [0.15, 0.2) is 64.6 Å². The number of nitrogens with one attached hydrogen (secondary N) is 1. The number of amides is 2. The maximum Gasteiger partial charge on any atom is 0.321 e. The summed E-state index contributed by atoms with van der Waals surface area (Å²) in [6.45, 7) is 6.02. The van der Waals surface area contributed by atoms with E-state index in [1.165, 1.54) is 0 Å². The van der Waals surface area contributed by atoms with Crippen molar-refractivity contribution in [2.75, 3.05) is 31.5 Å². The summed E-state index contributed by atoms with van der Waals surface area (Å²) in [4.78, 5) is 16.8. The minimum Gasteiger partial charge on any atom is -0.354 e. The third kappa shape index (κ3) is 4.34. The van der Waals surface area contributed by atoms with E-state index in [1.54, 1.807) is 24.0 Å². The summed E-state index contributed by atoms with van der Waals surface area (Å²) in [5, 5.41) is 2.98. The van der Waals surface area contributed by atoms with Gasteiger partial charge in [0.1, 0.15) is 10.7 Å². The van der Waals surface area contributed by atoms with E-state index >= 15 is 0 Å². The smallest absolute Gasteiger partial charge is 0.321 e. The van der Waals surface area contributed by atoms with Gasteiger partial charge in [0.25, 0.3) is 10.0 Å². The Morgan fingerprint density at radius 2 is 1.65 bits per heavy atom. The van der Waals surface area contributed by atoms with Crippen LogP contribution < -0.4 is 5.32 Å². The highest BCUT2D eigenvalue weighted by Gasteiger charge is 2.34. The molecule has 2 heterocycles. The molecule has 2 aromatic rings. The average molecular weight is 439 g/mol. The highest BCUT2D eigenvalue weighted by molar-refractivity contribution is 8.00. The number of carbonyl (C=O) groups is 1. The highest BCUT2D eigenvalue weighted by atomic mass is 32.2. The molecule has 2 amide bonds. The number of urea groups is 1. The molecule has 2 aromatic carbocycles. The van der Waals surface area contributed by atoms with E-state index in [1.807, 2.05) is 54.3 Å². The van der Waals surface area contributed by atoms with Crippen molar-refractivity contribution in [2.45, 2.75) is 20.3 Å². The van der Waals surface area contributed by atoms with Gasteiger partial charge in [0.15, 0.2) is 0 Å². The monoisotopic (exact) mass is 438 g/mol. The molecule has 162 valence electrons. The van der Waals surface area contributed by atoms with Crippen molar-refractivity contribution in [3.05, 3.63) is 71.3 Å². The lowest BCUT2D eigenvalue weighted by molar-refractivity contribution is 0.214. The van der Waals surface area contributed by atoms with Gasteiger partial charge in [0.2, 0.25) is 0 Å². The second kappa shape index (κ2) is 8.55. The fourth-order valence-electron chi connectivity index (χ4n) is 4.01. The van der Waals surface area contributed by atoms with Gasteiger partial charge in [0, 0.05) is 37.4 Å². The molecule has 0 saturated carbocycles. The predicted octanol–water partition coefficient (Wildman–Crippen LogP) is 3.71.